The molecular weight excluding hydrogens is 681 g/mol. The number of carbonyl (C=O) groups excluding carboxylic acids is 2. The van der Waals surface area contributed by atoms with Gasteiger partial charge in [-0.15, -0.1) is 0 Å². The number of hydrogen-bond donors (Lipinski definition) is 2. The van der Waals surface area contributed by atoms with Crippen molar-refractivity contribution < 1.29 is 33.4 Å². The Morgan fingerprint density at radius 3 is 2.63 bits per heavy atom. The van der Waals surface area contributed by atoms with Gasteiger partial charge in [-0.2, -0.15) is 0 Å². The molecule has 0 bridgehead atoms. The molecule has 6 heterocycles. The number of carbonyl (C=O) groups is 3. The molecule has 51 heavy (non-hydrogen) atoms. The van der Waals surface area contributed by atoms with Gasteiger partial charge in [0.15, 0.2) is 0 Å². The number of nitrogens with zero attached hydrogens (tertiary/aromatic N) is 6. The average molecular weight is 720 g/mol. The van der Waals surface area contributed by atoms with Crippen molar-refractivity contribution in [3.8, 4) is 5.88 Å². The van der Waals surface area contributed by atoms with Crippen LogP contribution in [-0.4, -0.2) is 103 Å². The Morgan fingerprint density at radius 2 is 1.90 bits per heavy atom. The molecule has 3 aliphatic heterocycles. The Hall–Kier alpha value is -4.66. The summed E-state index contributed by atoms with van der Waals surface area (Å²) < 4.78 is 27.7. The molecule has 3 atom stereocenters. The Kier molecular flexibility index (Phi) is 10.4. The number of carboxylic acids is 1. The van der Waals surface area contributed by atoms with Crippen LogP contribution in [0.15, 0.2) is 54.7 Å². The van der Waals surface area contributed by atoms with E-state index in [1.165, 1.54) is 0 Å². The quantitative estimate of drug-likeness (QED) is 0.220. The fourth-order valence-corrected chi connectivity index (χ4v) is 7.01. The molecule has 3 saturated heterocycles. The van der Waals surface area contributed by atoms with E-state index in [4.69, 9.17) is 31.0 Å². The first-order valence-corrected chi connectivity index (χ1v) is 17.6. The summed E-state index contributed by atoms with van der Waals surface area (Å²) in [6.07, 6.45) is 2.86. The van der Waals surface area contributed by atoms with Crippen LogP contribution in [-0.2, 0) is 34.0 Å². The van der Waals surface area contributed by atoms with Gasteiger partial charge < -0.3 is 29.4 Å². The van der Waals surface area contributed by atoms with E-state index in [1.54, 1.807) is 24.4 Å². The van der Waals surface area contributed by atoms with E-state index in [0.717, 1.165) is 66.6 Å². The molecule has 2 N–H and O–H groups in total. The summed E-state index contributed by atoms with van der Waals surface area (Å²) in [5.41, 5.74) is 3.63. The van der Waals surface area contributed by atoms with E-state index < -0.39 is 36.5 Å². The number of nitrogens with one attached hydrogen (secondary N) is 1. The summed E-state index contributed by atoms with van der Waals surface area (Å²) in [6, 6.07) is 13.5. The van der Waals surface area contributed by atoms with Crippen molar-refractivity contribution in [3.05, 3.63) is 82.5 Å². The van der Waals surface area contributed by atoms with Crippen molar-refractivity contribution in [2.24, 2.45) is 0 Å². The number of pyridine rings is 2. The number of amides is 2. The molecule has 3 fully saturated rings. The number of aromatic nitrogens is 4. The third-order valence-corrected chi connectivity index (χ3v) is 10.0. The normalized spacial score (nSPS) is 21.1. The summed E-state index contributed by atoms with van der Waals surface area (Å²) in [5.74, 6) is -0.667. The average Bonchev–Trinajstić information content (AvgIpc) is 3.68. The number of ether oxygens (including phenoxy) is 2. The van der Waals surface area contributed by atoms with Crippen molar-refractivity contribution in [2.45, 2.75) is 69.6 Å². The lowest BCUT2D eigenvalue weighted by Gasteiger charge is -2.32. The fourth-order valence-electron chi connectivity index (χ4n) is 6.90. The first-order chi connectivity index (χ1) is 24.7. The molecule has 0 saturated carbocycles. The Bertz CT molecular complexity index is 1900. The van der Waals surface area contributed by atoms with E-state index >= 15 is 0 Å². The smallest absolute Gasteiger partial charge is 0.326 e. The summed E-state index contributed by atoms with van der Waals surface area (Å²) in [6.45, 7) is 3.31. The van der Waals surface area contributed by atoms with Gasteiger partial charge in [0, 0.05) is 42.5 Å². The summed E-state index contributed by atoms with van der Waals surface area (Å²) in [5, 5.41) is 12.5. The monoisotopic (exact) mass is 719 g/mol. The third kappa shape index (κ3) is 8.13. The Morgan fingerprint density at radius 1 is 1.08 bits per heavy atom. The number of rotatable bonds is 12. The molecule has 3 aromatic heterocycles. The molecule has 0 radical (unpaired) electrons. The molecule has 13 nitrogen and oxygen atoms in total. The summed E-state index contributed by atoms with van der Waals surface area (Å²) in [4.78, 5) is 54.6. The van der Waals surface area contributed by atoms with Crippen LogP contribution >= 0.6 is 11.6 Å². The maximum Gasteiger partial charge on any atom is 0.326 e. The molecule has 3 aliphatic rings. The van der Waals surface area contributed by atoms with Gasteiger partial charge in [-0.1, -0.05) is 17.7 Å². The highest BCUT2D eigenvalue weighted by Gasteiger charge is 2.39. The predicted molar refractivity (Wildman–Crippen MR) is 184 cm³/mol. The second kappa shape index (κ2) is 15.3. The number of carboxylic acid groups (broad SMARTS) is 1. The zero-order valence-corrected chi connectivity index (χ0v) is 28.7. The second-order valence-corrected chi connectivity index (χ2v) is 13.7. The van der Waals surface area contributed by atoms with Crippen LogP contribution in [0, 0.1) is 0 Å². The van der Waals surface area contributed by atoms with Crippen molar-refractivity contribution in [2.75, 3.05) is 32.8 Å². The first-order valence-electron chi connectivity index (χ1n) is 17.2. The lowest BCUT2D eigenvalue weighted by molar-refractivity contribution is -0.147. The van der Waals surface area contributed by atoms with Crippen molar-refractivity contribution in [1.29, 1.82) is 0 Å². The van der Waals surface area contributed by atoms with Gasteiger partial charge in [-0.25, -0.2) is 19.2 Å². The van der Waals surface area contributed by atoms with E-state index in [2.05, 4.69) is 19.8 Å². The molecule has 4 aromatic rings. The number of likely N-dealkylation sites (tertiary alicyclic amines) is 2. The molecule has 15 heteroatoms. The van der Waals surface area contributed by atoms with E-state index in [1.807, 2.05) is 30.3 Å². The SMILES string of the molecule is O=C(NCC(=O)N1C[C@@H](F)C[C@H]1C(=O)O)c1ccc2c(c1)nc(CN1CCC(c3cccc(OCc4ccc(Cl)cn4)n3)CC1)n2C[C@@H]1CCO1. The number of alkyl halides is 1. The van der Waals surface area contributed by atoms with Gasteiger partial charge in [0.25, 0.3) is 5.91 Å². The highest BCUT2D eigenvalue weighted by Crippen LogP contribution is 2.30. The van der Waals surface area contributed by atoms with Gasteiger partial charge in [-0.3, -0.25) is 19.5 Å². The first kappa shape index (κ1) is 34.8. The fraction of sp³-hybridized carbons (Fsp3) is 0.444. The van der Waals surface area contributed by atoms with Crippen LogP contribution in [0.3, 0.4) is 0 Å². The standard InChI is InChI=1S/C36H39ClFN7O6/c37-24-5-6-26(39-16-24)21-51-33-3-1-2-28(42-33)22-8-11-43(12-9-22)20-32-41-29-14-23(4-7-30(29)44(32)19-27-10-13-50-27)35(47)40-17-34(46)45-18-25(38)15-31(45)36(48)49/h1-7,14,16,22,25,27,31H,8-13,15,17-21H2,(H,40,47)(H,48,49)/t25-,27-,31-/m0/s1. The van der Waals surface area contributed by atoms with Gasteiger partial charge in [0.2, 0.25) is 11.8 Å². The number of hydrogen-bond acceptors (Lipinski definition) is 9. The minimum absolute atomic E-state index is 0.0982. The third-order valence-electron chi connectivity index (χ3n) is 9.80. The highest BCUT2D eigenvalue weighted by atomic mass is 35.5. The van der Waals surface area contributed by atoms with Crippen molar-refractivity contribution >= 4 is 40.4 Å². The van der Waals surface area contributed by atoms with E-state index in [0.29, 0.717) is 47.6 Å². The van der Waals surface area contributed by atoms with Gasteiger partial charge in [0.1, 0.15) is 24.6 Å². The molecular formula is C36H39ClFN7O6. The maximum absolute atomic E-state index is 13.8. The molecule has 268 valence electrons. The van der Waals surface area contributed by atoms with E-state index in [-0.39, 0.29) is 19.1 Å². The molecule has 0 aliphatic carbocycles. The van der Waals surface area contributed by atoms with E-state index in [9.17, 15) is 23.9 Å². The van der Waals surface area contributed by atoms with Crippen LogP contribution in [0.4, 0.5) is 4.39 Å². The molecule has 7 rings (SSSR count). The predicted octanol–water partition coefficient (Wildman–Crippen LogP) is 3.98. The van der Waals surface area contributed by atoms with Gasteiger partial charge in [0.05, 0.1) is 54.0 Å². The van der Waals surface area contributed by atoms with Crippen molar-refractivity contribution in [3.63, 3.8) is 0 Å². The number of piperidine rings is 1. The molecule has 1 aromatic carbocycles. The lowest BCUT2D eigenvalue weighted by atomic mass is 9.93. The number of imidazole rings is 1. The molecule has 0 spiro atoms. The minimum Gasteiger partial charge on any atom is -0.480 e. The Balaban J connectivity index is 0.982. The van der Waals surface area contributed by atoms with Crippen LogP contribution in [0.1, 0.15) is 59.2 Å². The largest absolute Gasteiger partial charge is 0.480 e. The maximum atomic E-state index is 13.8. The second-order valence-electron chi connectivity index (χ2n) is 13.2. The lowest BCUT2D eigenvalue weighted by Crippen LogP contribution is -2.45. The number of halogens is 2. The number of benzene rings is 1. The van der Waals surface area contributed by atoms with Crippen LogP contribution in [0.2, 0.25) is 5.02 Å². The zero-order valence-electron chi connectivity index (χ0n) is 27.9. The number of aliphatic carboxylic acids is 1. The number of fused-ring (bicyclic) bond motifs is 1. The highest BCUT2D eigenvalue weighted by molar-refractivity contribution is 6.30. The topological polar surface area (TPSA) is 152 Å². The van der Waals surface area contributed by atoms with Crippen LogP contribution in [0.5, 0.6) is 5.88 Å². The zero-order chi connectivity index (χ0) is 35.5. The summed E-state index contributed by atoms with van der Waals surface area (Å²) in [7, 11) is 0. The Labute approximate surface area is 298 Å². The van der Waals surface area contributed by atoms with Crippen molar-refractivity contribution in [1.82, 2.24) is 34.6 Å². The molecule has 2 amide bonds. The van der Waals surface area contributed by atoms with Crippen LogP contribution in [0.25, 0.3) is 11.0 Å². The minimum atomic E-state index is -1.41. The summed E-state index contributed by atoms with van der Waals surface area (Å²) >= 11 is 5.94. The molecule has 0 unspecified atom stereocenters. The van der Waals surface area contributed by atoms with Gasteiger partial charge >= 0.3 is 5.97 Å². The van der Waals surface area contributed by atoms with Crippen LogP contribution < -0.4 is 10.1 Å². The van der Waals surface area contributed by atoms with Gasteiger partial charge in [-0.05, 0) is 68.8 Å².